The molecule has 12 rings (SSSR count). The third-order valence-corrected chi connectivity index (χ3v) is 12.3. The normalized spacial score (nSPS) is 22.9. The molecule has 4 fully saturated rings. The van der Waals surface area contributed by atoms with Gasteiger partial charge in [0.2, 0.25) is 0 Å². The molecule has 4 bridgehead atoms. The van der Waals surface area contributed by atoms with Crippen LogP contribution in [-0.2, 0) is 5.41 Å². The first kappa shape index (κ1) is 27.6. The predicted molar refractivity (Wildman–Crippen MR) is 202 cm³/mol. The van der Waals surface area contributed by atoms with Gasteiger partial charge in [-0.05, 0) is 126 Å². The van der Waals surface area contributed by atoms with Crippen LogP contribution in [0.5, 0.6) is 0 Å². The van der Waals surface area contributed by atoms with E-state index in [1.165, 1.54) is 93.1 Å². The molecule has 0 unspecified atom stereocenters. The maximum atomic E-state index is 5.49. The topological polar surface area (TPSA) is 30.7 Å². The number of nitrogens with zero attached hydrogens (tertiary/aromatic N) is 3. The quantitative estimate of drug-likeness (QED) is 0.193. The number of aromatic nitrogens is 3. The highest BCUT2D eigenvalue weighted by Crippen LogP contribution is 2.60. The Morgan fingerprint density at radius 3 is 1.92 bits per heavy atom. The first-order chi connectivity index (χ1) is 24.2. The molecule has 4 saturated carbocycles. The lowest BCUT2D eigenvalue weighted by molar-refractivity contribution is -0.00718. The van der Waals surface area contributed by atoms with Gasteiger partial charge in [-0.1, -0.05) is 84.9 Å². The van der Waals surface area contributed by atoms with Crippen LogP contribution in [-0.4, -0.2) is 14.5 Å². The Balaban J connectivity index is 1.06. The molecule has 236 valence electrons. The molecule has 0 amide bonds. The molecule has 0 N–H and O–H groups in total. The fourth-order valence-electron chi connectivity index (χ4n) is 10.5. The lowest BCUT2D eigenvalue weighted by Gasteiger charge is -2.56. The van der Waals surface area contributed by atoms with E-state index in [9.17, 15) is 0 Å². The average molecular weight is 632 g/mol. The van der Waals surface area contributed by atoms with E-state index in [1.807, 2.05) is 0 Å². The monoisotopic (exact) mass is 631 g/mol. The molecule has 2 heterocycles. The number of fused-ring (bicyclic) bond motifs is 6. The molecular formula is C46H37N3. The van der Waals surface area contributed by atoms with Gasteiger partial charge in [0.05, 0.1) is 22.4 Å². The molecule has 8 aromatic rings. The second-order valence-electron chi connectivity index (χ2n) is 15.3. The predicted octanol–water partition coefficient (Wildman–Crippen LogP) is 11.7. The number of rotatable bonds is 4. The largest absolute Gasteiger partial charge is 0.309 e. The van der Waals surface area contributed by atoms with Gasteiger partial charge < -0.3 is 4.57 Å². The Labute approximate surface area is 286 Å². The van der Waals surface area contributed by atoms with Crippen LogP contribution in [0.1, 0.15) is 44.2 Å². The van der Waals surface area contributed by atoms with E-state index in [-0.39, 0.29) is 5.41 Å². The Kier molecular flexibility index (Phi) is 5.85. The van der Waals surface area contributed by atoms with Crippen molar-refractivity contribution in [1.82, 2.24) is 14.5 Å². The van der Waals surface area contributed by atoms with Crippen molar-refractivity contribution in [1.29, 1.82) is 0 Å². The highest BCUT2D eigenvalue weighted by atomic mass is 15.0. The highest BCUT2D eigenvalue weighted by molar-refractivity contribution is 6.21. The van der Waals surface area contributed by atoms with Gasteiger partial charge in [0, 0.05) is 33.0 Å². The minimum atomic E-state index is 0.184. The Bertz CT molecular complexity index is 2560. The molecule has 0 radical (unpaired) electrons. The van der Waals surface area contributed by atoms with Crippen LogP contribution in [0.2, 0.25) is 0 Å². The van der Waals surface area contributed by atoms with Crippen molar-refractivity contribution in [3.8, 4) is 28.3 Å². The molecule has 0 spiro atoms. The zero-order valence-electron chi connectivity index (χ0n) is 27.5. The van der Waals surface area contributed by atoms with Crippen LogP contribution in [0.25, 0.3) is 71.7 Å². The van der Waals surface area contributed by atoms with Gasteiger partial charge >= 0.3 is 0 Å². The minimum absolute atomic E-state index is 0.184. The summed E-state index contributed by atoms with van der Waals surface area (Å²) < 4.78 is 2.41. The van der Waals surface area contributed by atoms with Crippen molar-refractivity contribution in [2.24, 2.45) is 17.8 Å². The summed E-state index contributed by atoms with van der Waals surface area (Å²) in [6.07, 6.45) is 8.13. The molecule has 6 aromatic carbocycles. The van der Waals surface area contributed by atoms with Crippen molar-refractivity contribution in [2.75, 3.05) is 0 Å². The van der Waals surface area contributed by atoms with E-state index in [0.29, 0.717) is 0 Å². The summed E-state index contributed by atoms with van der Waals surface area (Å²) in [5.41, 5.74) is 8.34. The van der Waals surface area contributed by atoms with Crippen LogP contribution in [0, 0.1) is 17.8 Å². The maximum absolute atomic E-state index is 5.49. The van der Waals surface area contributed by atoms with E-state index in [0.717, 1.165) is 40.5 Å². The van der Waals surface area contributed by atoms with Crippen molar-refractivity contribution in [3.63, 3.8) is 0 Å². The summed E-state index contributed by atoms with van der Waals surface area (Å²) >= 11 is 0. The van der Waals surface area contributed by atoms with Gasteiger partial charge in [-0.25, -0.2) is 9.97 Å². The summed E-state index contributed by atoms with van der Waals surface area (Å²) in [5, 5.41) is 7.67. The standard InChI is InChI=1S/C46H37N3/c1-2-9-35-24-36(14-13-32(35)7-1)40-25-43(46-26-29-21-30(27-46)23-31(22-29)28-46)48-45(47-40)34-15-18-37(19-16-34)49-41-12-6-5-11-39(41)44-38-10-4-3-8-33(38)17-20-42(44)49/h1-20,24-25,29-31H,21-23,26-28H2. The number of hydrogen-bond acceptors (Lipinski definition) is 2. The minimum Gasteiger partial charge on any atom is -0.309 e. The summed E-state index contributed by atoms with van der Waals surface area (Å²) in [6, 6.07) is 48.8. The third kappa shape index (κ3) is 4.28. The lowest BCUT2D eigenvalue weighted by atomic mass is 9.48. The Morgan fingerprint density at radius 1 is 0.510 bits per heavy atom. The van der Waals surface area contributed by atoms with Crippen molar-refractivity contribution < 1.29 is 0 Å². The highest BCUT2D eigenvalue weighted by Gasteiger charge is 2.52. The zero-order chi connectivity index (χ0) is 32.1. The second-order valence-corrected chi connectivity index (χ2v) is 15.3. The van der Waals surface area contributed by atoms with Crippen molar-refractivity contribution in [3.05, 3.63) is 139 Å². The van der Waals surface area contributed by atoms with Gasteiger partial charge in [0.15, 0.2) is 5.82 Å². The number of para-hydroxylation sites is 1. The van der Waals surface area contributed by atoms with Gasteiger partial charge in [-0.3, -0.25) is 0 Å². The molecule has 3 nitrogen and oxygen atoms in total. The molecular weight excluding hydrogens is 595 g/mol. The average Bonchev–Trinajstić information content (AvgIpc) is 3.49. The third-order valence-electron chi connectivity index (χ3n) is 12.3. The van der Waals surface area contributed by atoms with Crippen LogP contribution in [0.15, 0.2) is 133 Å². The van der Waals surface area contributed by atoms with Crippen LogP contribution in [0.3, 0.4) is 0 Å². The maximum Gasteiger partial charge on any atom is 0.160 e. The second kappa shape index (κ2) is 10.4. The molecule has 0 aliphatic heterocycles. The molecule has 4 aliphatic carbocycles. The van der Waals surface area contributed by atoms with Crippen molar-refractivity contribution in [2.45, 2.75) is 43.9 Å². The summed E-state index contributed by atoms with van der Waals surface area (Å²) in [7, 11) is 0. The Hall–Kier alpha value is -5.28. The fraction of sp³-hybridized carbons (Fsp3) is 0.217. The molecule has 2 aromatic heterocycles. The number of benzene rings is 6. The SMILES string of the molecule is c1ccc2cc(-c3cc(C45CC6CC(CC(C6)C4)C5)nc(-c4ccc(-n5c6ccccc6c6c7ccccc7ccc65)cc4)n3)ccc2c1. The number of hydrogen-bond donors (Lipinski definition) is 0. The fourth-order valence-corrected chi connectivity index (χ4v) is 10.5. The molecule has 4 aliphatic rings. The van der Waals surface area contributed by atoms with Crippen molar-refractivity contribution >= 4 is 43.4 Å². The summed E-state index contributed by atoms with van der Waals surface area (Å²) in [5.74, 6) is 3.42. The van der Waals surface area contributed by atoms with E-state index >= 15 is 0 Å². The van der Waals surface area contributed by atoms with Crippen LogP contribution < -0.4 is 0 Å². The molecule has 0 saturated heterocycles. The van der Waals surface area contributed by atoms with E-state index in [1.54, 1.807) is 0 Å². The summed E-state index contributed by atoms with van der Waals surface area (Å²) in [4.78, 5) is 10.8. The molecule has 49 heavy (non-hydrogen) atoms. The van der Waals surface area contributed by atoms with Crippen LogP contribution >= 0.6 is 0 Å². The van der Waals surface area contributed by atoms with Gasteiger partial charge in [0.25, 0.3) is 0 Å². The first-order valence-corrected chi connectivity index (χ1v) is 18.1. The zero-order valence-corrected chi connectivity index (χ0v) is 27.5. The Morgan fingerprint density at radius 2 is 1.14 bits per heavy atom. The molecule has 3 heteroatoms. The van der Waals surface area contributed by atoms with Gasteiger partial charge in [-0.2, -0.15) is 0 Å². The summed E-state index contributed by atoms with van der Waals surface area (Å²) in [6.45, 7) is 0. The van der Waals surface area contributed by atoms with E-state index < -0.39 is 0 Å². The van der Waals surface area contributed by atoms with E-state index in [2.05, 4.69) is 138 Å². The van der Waals surface area contributed by atoms with Gasteiger partial charge in [0.1, 0.15) is 0 Å². The van der Waals surface area contributed by atoms with Gasteiger partial charge in [-0.15, -0.1) is 0 Å². The van der Waals surface area contributed by atoms with Crippen LogP contribution in [0.4, 0.5) is 0 Å². The smallest absolute Gasteiger partial charge is 0.160 e. The first-order valence-electron chi connectivity index (χ1n) is 18.1. The van der Waals surface area contributed by atoms with E-state index in [4.69, 9.17) is 9.97 Å². The molecule has 0 atom stereocenters. The lowest BCUT2D eigenvalue weighted by Crippen LogP contribution is -2.49.